The minimum absolute atomic E-state index is 0.00789. The van der Waals surface area contributed by atoms with Crippen molar-refractivity contribution in [3.8, 4) is 11.3 Å². The quantitative estimate of drug-likeness (QED) is 0.480. The lowest BCUT2D eigenvalue weighted by Gasteiger charge is -2.38. The molecule has 0 radical (unpaired) electrons. The van der Waals surface area contributed by atoms with E-state index in [4.69, 9.17) is 27.9 Å². The maximum atomic E-state index is 13.6. The fourth-order valence-corrected chi connectivity index (χ4v) is 5.56. The zero-order valence-electron chi connectivity index (χ0n) is 16.9. The zero-order chi connectivity index (χ0) is 24.8. The lowest BCUT2D eigenvalue weighted by Crippen LogP contribution is -2.50. The summed E-state index contributed by atoms with van der Waals surface area (Å²) in [7, 11) is -4.16. The number of benzene rings is 2. The number of aliphatic hydroxyl groups is 2. The van der Waals surface area contributed by atoms with Gasteiger partial charge in [0.05, 0.1) is 33.8 Å². The van der Waals surface area contributed by atoms with Gasteiger partial charge in [-0.25, -0.2) is 26.3 Å². The smallest absolute Gasteiger partial charge is 0.205 e. The molecule has 14 heteroatoms. The lowest BCUT2D eigenvalue weighted by atomic mass is 10.00. The van der Waals surface area contributed by atoms with Crippen LogP contribution in [0.25, 0.3) is 11.3 Å². The Morgan fingerprint density at radius 3 is 2.41 bits per heavy atom. The Kier molecular flexibility index (Phi) is 6.91. The van der Waals surface area contributed by atoms with E-state index >= 15 is 0 Å². The van der Waals surface area contributed by atoms with E-state index in [1.807, 2.05) is 0 Å². The van der Waals surface area contributed by atoms with E-state index in [1.165, 1.54) is 18.3 Å². The number of aromatic nitrogens is 3. The summed E-state index contributed by atoms with van der Waals surface area (Å²) in [5.74, 6) is -4.50. The molecule has 1 aromatic heterocycles. The van der Waals surface area contributed by atoms with Crippen molar-refractivity contribution in [2.24, 2.45) is 0 Å². The molecule has 2 N–H and O–H groups in total. The number of rotatable bonds is 5. The van der Waals surface area contributed by atoms with Crippen LogP contribution in [0.5, 0.6) is 0 Å². The number of halogens is 5. The van der Waals surface area contributed by atoms with Crippen molar-refractivity contribution in [2.45, 2.75) is 35.0 Å². The molecule has 8 nitrogen and oxygen atoms in total. The highest BCUT2D eigenvalue weighted by molar-refractivity contribution is 7.92. The molecule has 182 valence electrons. The molecule has 0 saturated carbocycles. The van der Waals surface area contributed by atoms with Crippen LogP contribution in [0, 0.1) is 17.5 Å². The fourth-order valence-electron chi connectivity index (χ4n) is 3.61. The van der Waals surface area contributed by atoms with E-state index < -0.39 is 57.6 Å². The minimum Gasteiger partial charge on any atom is -0.394 e. The van der Waals surface area contributed by atoms with E-state index in [0.29, 0.717) is 0 Å². The van der Waals surface area contributed by atoms with Gasteiger partial charge in [0.2, 0.25) is 9.84 Å². The summed E-state index contributed by atoms with van der Waals surface area (Å²) >= 11 is 11.8. The number of nitrogens with zero attached hydrogens (tertiary/aromatic N) is 3. The van der Waals surface area contributed by atoms with Crippen LogP contribution in [-0.4, -0.2) is 57.9 Å². The molecule has 0 aliphatic carbocycles. The Hall–Kier alpha value is -2.22. The van der Waals surface area contributed by atoms with Crippen molar-refractivity contribution < 1.29 is 36.5 Å². The first-order valence-corrected chi connectivity index (χ1v) is 12.0. The summed E-state index contributed by atoms with van der Waals surface area (Å²) in [6, 6.07) is 4.10. The molecule has 0 bridgehead atoms. The molecule has 3 aromatic rings. The fraction of sp³-hybridized carbons (Fsp3) is 0.300. The highest BCUT2D eigenvalue weighted by atomic mass is 35.5. The summed E-state index contributed by atoms with van der Waals surface area (Å²) in [4.78, 5) is -0.185. The van der Waals surface area contributed by atoms with Gasteiger partial charge < -0.3 is 14.9 Å². The van der Waals surface area contributed by atoms with Crippen LogP contribution in [0.3, 0.4) is 0 Å². The molecular weight excluding hydrogens is 522 g/mol. The van der Waals surface area contributed by atoms with Crippen LogP contribution in [0.15, 0.2) is 41.4 Å². The standard InChI is InChI=1S/C20H16Cl2F3N3O5S/c21-11-2-1-10(5-12(11)22)34(31,32)18-6-16(20(30)17(8-29)33-18)28-7-15(26-27-28)9-3-13(23)19(25)14(24)4-9/h1-5,7,16-18,20,29-30H,6,8H2/t16-,17-,18-,20-/m1/s1. The van der Waals surface area contributed by atoms with Gasteiger partial charge in [0.15, 0.2) is 22.9 Å². The monoisotopic (exact) mass is 537 g/mol. The van der Waals surface area contributed by atoms with Gasteiger partial charge in [-0.15, -0.1) is 5.10 Å². The second-order valence-electron chi connectivity index (χ2n) is 7.54. The second-order valence-corrected chi connectivity index (χ2v) is 10.4. The van der Waals surface area contributed by atoms with Gasteiger partial charge in [0.1, 0.15) is 17.9 Å². The molecule has 1 aliphatic rings. The van der Waals surface area contributed by atoms with Gasteiger partial charge in [-0.2, -0.15) is 0 Å². The topological polar surface area (TPSA) is 115 Å². The molecular formula is C20H16Cl2F3N3O5S. The van der Waals surface area contributed by atoms with E-state index in [2.05, 4.69) is 10.3 Å². The molecule has 0 spiro atoms. The molecule has 1 aliphatic heterocycles. The summed E-state index contributed by atoms with van der Waals surface area (Å²) in [5.41, 5.74) is -1.69. The van der Waals surface area contributed by atoms with E-state index in [9.17, 15) is 31.8 Å². The van der Waals surface area contributed by atoms with E-state index in [-0.39, 0.29) is 32.6 Å². The Bertz CT molecular complexity index is 1320. The van der Waals surface area contributed by atoms with Crippen molar-refractivity contribution in [3.63, 3.8) is 0 Å². The molecule has 34 heavy (non-hydrogen) atoms. The van der Waals surface area contributed by atoms with Crippen LogP contribution in [0.1, 0.15) is 12.5 Å². The average Bonchev–Trinajstić information content (AvgIpc) is 3.29. The summed E-state index contributed by atoms with van der Waals surface area (Å²) < 4.78 is 73.4. The molecule has 0 amide bonds. The Balaban J connectivity index is 1.67. The highest BCUT2D eigenvalue weighted by Gasteiger charge is 2.44. The number of hydrogen-bond acceptors (Lipinski definition) is 7. The Morgan fingerprint density at radius 1 is 1.12 bits per heavy atom. The van der Waals surface area contributed by atoms with Gasteiger partial charge in [-0.05, 0) is 30.3 Å². The average molecular weight is 538 g/mol. The molecule has 2 aromatic carbocycles. The second kappa shape index (κ2) is 9.44. The number of sulfone groups is 1. The summed E-state index contributed by atoms with van der Waals surface area (Å²) in [6.07, 6.45) is -1.80. The van der Waals surface area contributed by atoms with E-state index in [1.54, 1.807) is 0 Å². The SMILES string of the molecule is O=S(=O)(c1ccc(Cl)c(Cl)c1)[C@@H]1C[C@@H](n2cc(-c3cc(F)c(F)c(F)c3)nn2)[C@@H](O)[C@@H](CO)O1. The van der Waals surface area contributed by atoms with Gasteiger partial charge >= 0.3 is 0 Å². The first kappa shape index (κ1) is 24.9. The van der Waals surface area contributed by atoms with Crippen molar-refractivity contribution in [2.75, 3.05) is 6.61 Å². The number of hydrogen-bond donors (Lipinski definition) is 2. The first-order valence-electron chi connectivity index (χ1n) is 9.73. The van der Waals surface area contributed by atoms with Gasteiger partial charge in [0, 0.05) is 12.0 Å². The van der Waals surface area contributed by atoms with Gasteiger partial charge in [-0.3, -0.25) is 0 Å². The molecule has 4 atom stereocenters. The summed E-state index contributed by atoms with van der Waals surface area (Å²) in [6.45, 7) is -0.707. The predicted molar refractivity (Wildman–Crippen MR) is 114 cm³/mol. The molecule has 0 unspecified atom stereocenters. The van der Waals surface area contributed by atoms with Crippen molar-refractivity contribution in [1.29, 1.82) is 0 Å². The number of ether oxygens (including phenoxy) is 1. The van der Waals surface area contributed by atoms with Crippen LogP contribution >= 0.6 is 23.2 Å². The highest BCUT2D eigenvalue weighted by Crippen LogP contribution is 2.36. The predicted octanol–water partition coefficient (Wildman–Crippen LogP) is 3.15. The maximum Gasteiger partial charge on any atom is 0.205 e. The lowest BCUT2D eigenvalue weighted by molar-refractivity contribution is -0.133. The van der Waals surface area contributed by atoms with E-state index in [0.717, 1.165) is 22.9 Å². The Morgan fingerprint density at radius 2 is 1.79 bits per heavy atom. The van der Waals surface area contributed by atoms with Crippen LogP contribution in [0.2, 0.25) is 10.0 Å². The van der Waals surface area contributed by atoms with Crippen LogP contribution in [-0.2, 0) is 14.6 Å². The van der Waals surface area contributed by atoms with Crippen LogP contribution in [0.4, 0.5) is 13.2 Å². The van der Waals surface area contributed by atoms with Crippen molar-refractivity contribution in [1.82, 2.24) is 15.0 Å². The van der Waals surface area contributed by atoms with Gasteiger partial charge in [-0.1, -0.05) is 28.4 Å². The molecule has 1 saturated heterocycles. The largest absolute Gasteiger partial charge is 0.394 e. The van der Waals surface area contributed by atoms with Crippen LogP contribution < -0.4 is 0 Å². The zero-order valence-corrected chi connectivity index (χ0v) is 19.3. The third-order valence-corrected chi connectivity index (χ3v) is 8.06. The normalized spacial score (nSPS) is 23.3. The van der Waals surface area contributed by atoms with Crippen molar-refractivity contribution in [3.05, 3.63) is 64.0 Å². The third-order valence-electron chi connectivity index (χ3n) is 5.41. The molecule has 1 fully saturated rings. The van der Waals surface area contributed by atoms with Crippen molar-refractivity contribution >= 4 is 33.0 Å². The minimum atomic E-state index is -4.16. The Labute approximate surface area is 201 Å². The maximum absolute atomic E-state index is 13.6. The molecule has 4 rings (SSSR count). The van der Waals surface area contributed by atoms with Gasteiger partial charge in [0.25, 0.3) is 0 Å². The third kappa shape index (κ3) is 4.53. The number of aliphatic hydroxyl groups excluding tert-OH is 2. The summed E-state index contributed by atoms with van der Waals surface area (Å²) in [5, 5.41) is 28.1. The molecule has 2 heterocycles. The first-order chi connectivity index (χ1) is 16.0.